The molecule has 0 unspecified atom stereocenters. The summed E-state index contributed by atoms with van der Waals surface area (Å²) in [7, 11) is -4.14. The fourth-order valence-corrected chi connectivity index (χ4v) is 3.86. The molecule has 3 aromatic carbocycles. The van der Waals surface area contributed by atoms with E-state index in [1.165, 1.54) is 24.3 Å². The summed E-state index contributed by atoms with van der Waals surface area (Å²) < 4.78 is 29.7. The van der Waals surface area contributed by atoms with Crippen molar-refractivity contribution in [3.05, 3.63) is 81.3 Å². The maximum atomic E-state index is 12.4. The van der Waals surface area contributed by atoms with Gasteiger partial charge in [0.1, 0.15) is 16.4 Å². The Labute approximate surface area is 188 Å². The van der Waals surface area contributed by atoms with E-state index in [1.54, 1.807) is 36.4 Å². The molecule has 0 radical (unpaired) electrons. The van der Waals surface area contributed by atoms with E-state index in [1.807, 2.05) is 0 Å². The number of anilines is 1. The van der Waals surface area contributed by atoms with Gasteiger partial charge in [-0.2, -0.15) is 0 Å². The monoisotopic (exact) mass is 484 g/mol. The second kappa shape index (κ2) is 9.24. The number of benzene rings is 3. The molecular formula is C20H15Cl3N2O4S. The van der Waals surface area contributed by atoms with Crippen molar-refractivity contribution in [2.24, 2.45) is 5.14 Å². The summed E-state index contributed by atoms with van der Waals surface area (Å²) in [4.78, 5) is 12.1. The molecule has 0 heterocycles. The molecule has 0 aliphatic rings. The largest absolute Gasteiger partial charge is 0.456 e. The highest BCUT2D eigenvalue weighted by atomic mass is 35.5. The van der Waals surface area contributed by atoms with Crippen molar-refractivity contribution in [1.82, 2.24) is 0 Å². The quantitative estimate of drug-likeness (QED) is 0.497. The standard InChI is InChI=1S/C20H15Cl3N2O4S/c21-13-4-2-5-15(10-13)29-17-8-7-14(11-18(17)30(24,27)28)25-19(26)9-12-3-1-6-16(22)20(12)23/h1-8,10-11H,9H2,(H,25,26)(H2,24,27,28). The molecule has 0 aliphatic carbocycles. The number of primary sulfonamides is 1. The molecule has 10 heteroatoms. The molecule has 0 aromatic heterocycles. The maximum absolute atomic E-state index is 12.4. The highest BCUT2D eigenvalue weighted by Crippen LogP contribution is 2.32. The van der Waals surface area contributed by atoms with Crippen LogP contribution in [0.3, 0.4) is 0 Å². The summed E-state index contributed by atoms with van der Waals surface area (Å²) in [6, 6.07) is 15.5. The first kappa shape index (κ1) is 22.4. The average Bonchev–Trinajstić information content (AvgIpc) is 2.66. The summed E-state index contributed by atoms with van der Waals surface area (Å²) in [5, 5.41) is 8.98. The summed E-state index contributed by atoms with van der Waals surface area (Å²) in [6.45, 7) is 0. The van der Waals surface area contributed by atoms with Gasteiger partial charge in [-0.05, 0) is 48.0 Å². The van der Waals surface area contributed by atoms with Gasteiger partial charge in [0.25, 0.3) is 0 Å². The fraction of sp³-hybridized carbons (Fsp3) is 0.0500. The van der Waals surface area contributed by atoms with Crippen LogP contribution in [0.2, 0.25) is 15.1 Å². The molecule has 3 aromatic rings. The second-order valence-corrected chi connectivity index (χ2v) is 8.96. The molecule has 0 atom stereocenters. The van der Waals surface area contributed by atoms with Gasteiger partial charge in [-0.15, -0.1) is 0 Å². The van der Waals surface area contributed by atoms with Crippen molar-refractivity contribution in [2.45, 2.75) is 11.3 Å². The van der Waals surface area contributed by atoms with Gasteiger partial charge < -0.3 is 10.1 Å². The number of carbonyl (C=O) groups excluding carboxylic acids is 1. The minimum absolute atomic E-state index is 0.00403. The van der Waals surface area contributed by atoms with Crippen LogP contribution in [-0.4, -0.2) is 14.3 Å². The third kappa shape index (κ3) is 5.65. The number of rotatable bonds is 6. The van der Waals surface area contributed by atoms with Crippen molar-refractivity contribution in [3.63, 3.8) is 0 Å². The molecule has 0 saturated carbocycles. The van der Waals surface area contributed by atoms with Crippen LogP contribution in [0.1, 0.15) is 5.56 Å². The Morgan fingerprint density at radius 3 is 2.43 bits per heavy atom. The molecule has 0 spiro atoms. The number of amides is 1. The van der Waals surface area contributed by atoms with Crippen LogP contribution in [-0.2, 0) is 21.2 Å². The Hall–Kier alpha value is -2.29. The normalized spacial score (nSPS) is 11.2. The predicted molar refractivity (Wildman–Crippen MR) is 118 cm³/mol. The molecule has 1 amide bonds. The third-order valence-electron chi connectivity index (χ3n) is 3.94. The number of ether oxygens (including phenoxy) is 1. The van der Waals surface area contributed by atoms with E-state index in [2.05, 4.69) is 5.32 Å². The van der Waals surface area contributed by atoms with Crippen molar-refractivity contribution in [1.29, 1.82) is 0 Å². The van der Waals surface area contributed by atoms with E-state index < -0.39 is 15.9 Å². The van der Waals surface area contributed by atoms with Gasteiger partial charge in [0.2, 0.25) is 15.9 Å². The van der Waals surface area contributed by atoms with E-state index in [-0.39, 0.29) is 27.8 Å². The van der Waals surface area contributed by atoms with Crippen LogP contribution < -0.4 is 15.2 Å². The number of sulfonamides is 1. The Bertz CT molecular complexity index is 1220. The minimum Gasteiger partial charge on any atom is -0.456 e. The number of carbonyl (C=O) groups is 1. The van der Waals surface area contributed by atoms with Gasteiger partial charge in [0.05, 0.1) is 16.5 Å². The Kier molecular flexibility index (Phi) is 6.90. The number of halogens is 3. The molecule has 6 nitrogen and oxygen atoms in total. The zero-order valence-electron chi connectivity index (χ0n) is 15.2. The van der Waals surface area contributed by atoms with Gasteiger partial charge in [0, 0.05) is 10.7 Å². The van der Waals surface area contributed by atoms with Crippen molar-refractivity contribution >= 4 is 56.4 Å². The van der Waals surface area contributed by atoms with E-state index in [4.69, 9.17) is 44.7 Å². The van der Waals surface area contributed by atoms with E-state index >= 15 is 0 Å². The number of nitrogens with one attached hydrogen (secondary N) is 1. The zero-order valence-corrected chi connectivity index (χ0v) is 18.3. The summed E-state index contributed by atoms with van der Waals surface area (Å²) in [5.74, 6) is -0.0847. The first-order valence-corrected chi connectivity index (χ1v) is 11.1. The number of hydrogen-bond donors (Lipinski definition) is 2. The number of hydrogen-bond acceptors (Lipinski definition) is 4. The first-order chi connectivity index (χ1) is 14.1. The van der Waals surface area contributed by atoms with E-state index in [0.717, 1.165) is 0 Å². The smallest absolute Gasteiger partial charge is 0.241 e. The third-order valence-corrected chi connectivity index (χ3v) is 5.97. The lowest BCUT2D eigenvalue weighted by atomic mass is 10.1. The molecule has 30 heavy (non-hydrogen) atoms. The molecule has 3 rings (SSSR count). The molecule has 0 fully saturated rings. The number of nitrogens with two attached hydrogens (primary N) is 1. The summed E-state index contributed by atoms with van der Waals surface area (Å²) >= 11 is 18.0. The second-order valence-electron chi connectivity index (χ2n) is 6.20. The highest BCUT2D eigenvalue weighted by Gasteiger charge is 2.18. The molecule has 156 valence electrons. The van der Waals surface area contributed by atoms with Crippen LogP contribution in [0, 0.1) is 0 Å². The summed E-state index contributed by atoms with van der Waals surface area (Å²) in [5.41, 5.74) is 0.759. The maximum Gasteiger partial charge on any atom is 0.241 e. The molecule has 0 bridgehead atoms. The van der Waals surface area contributed by atoms with Crippen LogP contribution in [0.15, 0.2) is 65.6 Å². The lowest BCUT2D eigenvalue weighted by Crippen LogP contribution is -2.17. The minimum atomic E-state index is -4.14. The van der Waals surface area contributed by atoms with Gasteiger partial charge in [0.15, 0.2) is 0 Å². The average molecular weight is 486 g/mol. The van der Waals surface area contributed by atoms with Crippen LogP contribution in [0.4, 0.5) is 5.69 Å². The van der Waals surface area contributed by atoms with E-state index in [0.29, 0.717) is 21.4 Å². The molecule has 3 N–H and O–H groups in total. The Balaban J connectivity index is 1.84. The van der Waals surface area contributed by atoms with Gasteiger partial charge in [-0.25, -0.2) is 13.6 Å². The molecule has 0 aliphatic heterocycles. The molecular weight excluding hydrogens is 471 g/mol. The summed E-state index contributed by atoms with van der Waals surface area (Å²) in [6.07, 6.45) is -0.0507. The Morgan fingerprint density at radius 1 is 1.00 bits per heavy atom. The lowest BCUT2D eigenvalue weighted by molar-refractivity contribution is -0.115. The van der Waals surface area contributed by atoms with Crippen molar-refractivity contribution in [2.75, 3.05) is 5.32 Å². The van der Waals surface area contributed by atoms with Gasteiger partial charge in [-0.1, -0.05) is 53.0 Å². The van der Waals surface area contributed by atoms with Crippen molar-refractivity contribution < 1.29 is 17.9 Å². The van der Waals surface area contributed by atoms with Crippen LogP contribution in [0.5, 0.6) is 11.5 Å². The Morgan fingerprint density at radius 2 is 1.73 bits per heavy atom. The SMILES string of the molecule is NS(=O)(=O)c1cc(NC(=O)Cc2cccc(Cl)c2Cl)ccc1Oc1cccc(Cl)c1. The highest BCUT2D eigenvalue weighted by molar-refractivity contribution is 7.89. The van der Waals surface area contributed by atoms with Crippen LogP contribution >= 0.6 is 34.8 Å². The van der Waals surface area contributed by atoms with Crippen molar-refractivity contribution in [3.8, 4) is 11.5 Å². The zero-order chi connectivity index (χ0) is 21.9. The van der Waals surface area contributed by atoms with E-state index in [9.17, 15) is 13.2 Å². The molecule has 0 saturated heterocycles. The van der Waals surface area contributed by atoms with Crippen LogP contribution in [0.25, 0.3) is 0 Å². The topological polar surface area (TPSA) is 98.5 Å². The lowest BCUT2D eigenvalue weighted by Gasteiger charge is -2.13. The predicted octanol–water partition coefficient (Wildman–Crippen LogP) is 5.27. The van der Waals surface area contributed by atoms with Gasteiger partial charge in [-0.3, -0.25) is 4.79 Å². The van der Waals surface area contributed by atoms with Gasteiger partial charge >= 0.3 is 0 Å². The first-order valence-electron chi connectivity index (χ1n) is 8.46. The fourth-order valence-electron chi connectivity index (χ4n) is 2.61.